The average molecular weight is 330 g/mol. The number of ketones is 1. The highest BCUT2D eigenvalue weighted by molar-refractivity contribution is 7.98. The number of phenols is 1. The summed E-state index contributed by atoms with van der Waals surface area (Å²) in [5.41, 5.74) is 1.26. The first kappa shape index (κ1) is 17.0. The van der Waals surface area contributed by atoms with Crippen molar-refractivity contribution in [3.63, 3.8) is 0 Å². The normalized spacial score (nSPS) is 10.7. The second-order valence-electron chi connectivity index (χ2n) is 4.70. The topological polar surface area (TPSA) is 55.8 Å². The smallest absolute Gasteiger partial charge is 0.185 e. The molecule has 0 bridgehead atoms. The van der Waals surface area contributed by atoms with Gasteiger partial charge in [0.05, 0.1) is 14.2 Å². The fraction of sp³-hybridized carbons (Fsp3) is 0.167. The van der Waals surface area contributed by atoms with Gasteiger partial charge in [0.15, 0.2) is 17.3 Å². The van der Waals surface area contributed by atoms with E-state index in [4.69, 9.17) is 9.47 Å². The molecule has 0 radical (unpaired) electrons. The molecule has 2 aromatic carbocycles. The number of methoxy groups -OCH3 is 2. The van der Waals surface area contributed by atoms with E-state index < -0.39 is 0 Å². The average Bonchev–Trinajstić information content (AvgIpc) is 2.59. The third kappa shape index (κ3) is 4.07. The molecule has 0 aromatic heterocycles. The van der Waals surface area contributed by atoms with E-state index in [1.165, 1.54) is 13.2 Å². The molecule has 0 heterocycles. The van der Waals surface area contributed by atoms with Gasteiger partial charge in [0.2, 0.25) is 0 Å². The maximum atomic E-state index is 12.3. The molecule has 2 rings (SSSR count). The standard InChI is InChI=1S/C18H18O4S/c1-21-16-8-5-12(10-15(16)20)4-7-14(19)13-6-9-18(23-3)17(11-13)22-2/h4-11,20H,1-3H3/b7-4+. The van der Waals surface area contributed by atoms with Crippen LogP contribution in [0.4, 0.5) is 0 Å². The Labute approximate surface area is 139 Å². The summed E-state index contributed by atoms with van der Waals surface area (Å²) < 4.78 is 10.3. The number of rotatable bonds is 6. The van der Waals surface area contributed by atoms with Crippen LogP contribution >= 0.6 is 11.8 Å². The summed E-state index contributed by atoms with van der Waals surface area (Å²) in [5, 5.41) is 9.74. The van der Waals surface area contributed by atoms with Crippen LogP contribution in [-0.4, -0.2) is 31.4 Å². The molecule has 2 aromatic rings. The predicted octanol–water partition coefficient (Wildman–Crippen LogP) is 4.03. The zero-order valence-corrected chi connectivity index (χ0v) is 14.0. The van der Waals surface area contributed by atoms with Crippen molar-refractivity contribution in [3.8, 4) is 17.2 Å². The van der Waals surface area contributed by atoms with Crippen LogP contribution in [-0.2, 0) is 0 Å². The van der Waals surface area contributed by atoms with E-state index >= 15 is 0 Å². The van der Waals surface area contributed by atoms with Crippen LogP contribution in [0.3, 0.4) is 0 Å². The molecule has 0 saturated heterocycles. The van der Waals surface area contributed by atoms with Crippen LogP contribution in [0.2, 0.25) is 0 Å². The molecule has 4 nitrogen and oxygen atoms in total. The summed E-state index contributed by atoms with van der Waals surface area (Å²) in [5.74, 6) is 0.976. The van der Waals surface area contributed by atoms with Crippen molar-refractivity contribution in [1.29, 1.82) is 0 Å². The Morgan fingerprint density at radius 3 is 2.43 bits per heavy atom. The van der Waals surface area contributed by atoms with Gasteiger partial charge in [-0.15, -0.1) is 11.8 Å². The van der Waals surface area contributed by atoms with E-state index in [9.17, 15) is 9.90 Å². The molecular weight excluding hydrogens is 312 g/mol. The number of thioether (sulfide) groups is 1. The molecule has 0 aliphatic heterocycles. The van der Waals surface area contributed by atoms with Gasteiger partial charge in [-0.2, -0.15) is 0 Å². The maximum Gasteiger partial charge on any atom is 0.185 e. The third-order valence-electron chi connectivity index (χ3n) is 3.30. The van der Waals surface area contributed by atoms with Crippen molar-refractivity contribution < 1.29 is 19.4 Å². The van der Waals surface area contributed by atoms with Gasteiger partial charge in [-0.3, -0.25) is 4.79 Å². The number of aromatic hydroxyl groups is 1. The van der Waals surface area contributed by atoms with E-state index in [2.05, 4.69) is 0 Å². The zero-order chi connectivity index (χ0) is 16.8. The van der Waals surface area contributed by atoms with Gasteiger partial charge in [-0.25, -0.2) is 0 Å². The molecule has 5 heteroatoms. The Bertz CT molecular complexity index is 738. The highest BCUT2D eigenvalue weighted by atomic mass is 32.2. The SMILES string of the molecule is COc1ccc(/C=C/C(=O)c2ccc(SC)c(OC)c2)cc1O. The highest BCUT2D eigenvalue weighted by Crippen LogP contribution is 2.29. The van der Waals surface area contributed by atoms with E-state index in [-0.39, 0.29) is 11.5 Å². The van der Waals surface area contributed by atoms with Crippen molar-refractivity contribution in [2.75, 3.05) is 20.5 Å². The molecule has 1 N–H and O–H groups in total. The Balaban J connectivity index is 2.19. The van der Waals surface area contributed by atoms with Crippen LogP contribution in [0.1, 0.15) is 15.9 Å². The largest absolute Gasteiger partial charge is 0.504 e. The van der Waals surface area contributed by atoms with Crippen molar-refractivity contribution in [2.45, 2.75) is 4.90 Å². The van der Waals surface area contributed by atoms with E-state index in [0.29, 0.717) is 22.6 Å². The second kappa shape index (κ2) is 7.74. The van der Waals surface area contributed by atoms with Crippen LogP contribution in [0, 0.1) is 0 Å². The van der Waals surface area contributed by atoms with Crippen LogP contribution < -0.4 is 9.47 Å². The summed E-state index contributed by atoms with van der Waals surface area (Å²) in [7, 11) is 3.07. The number of hydrogen-bond acceptors (Lipinski definition) is 5. The summed E-state index contributed by atoms with van der Waals surface area (Å²) in [6.45, 7) is 0. The van der Waals surface area contributed by atoms with E-state index in [0.717, 1.165) is 4.90 Å². The quantitative estimate of drug-likeness (QED) is 0.492. The molecule has 0 unspecified atom stereocenters. The number of hydrogen-bond donors (Lipinski definition) is 1. The lowest BCUT2D eigenvalue weighted by atomic mass is 10.1. The molecule has 0 saturated carbocycles. The molecule has 120 valence electrons. The molecule has 0 aliphatic carbocycles. The summed E-state index contributed by atoms with van der Waals surface area (Å²) in [6, 6.07) is 10.3. The Morgan fingerprint density at radius 2 is 1.83 bits per heavy atom. The minimum absolute atomic E-state index is 0.0353. The molecule has 0 atom stereocenters. The fourth-order valence-corrected chi connectivity index (χ4v) is 2.62. The second-order valence-corrected chi connectivity index (χ2v) is 5.55. The van der Waals surface area contributed by atoms with Gasteiger partial charge in [0, 0.05) is 10.5 Å². The first-order valence-electron chi connectivity index (χ1n) is 6.90. The Morgan fingerprint density at radius 1 is 1.09 bits per heavy atom. The Kier molecular flexibility index (Phi) is 5.71. The monoisotopic (exact) mass is 330 g/mol. The maximum absolute atomic E-state index is 12.3. The van der Waals surface area contributed by atoms with Crippen molar-refractivity contribution >= 4 is 23.6 Å². The molecule has 0 spiro atoms. The number of phenolic OH excluding ortho intramolecular Hbond substituents is 1. The Hall–Kier alpha value is -2.40. The van der Waals surface area contributed by atoms with Crippen LogP contribution in [0.15, 0.2) is 47.4 Å². The first-order valence-corrected chi connectivity index (χ1v) is 8.13. The lowest BCUT2D eigenvalue weighted by molar-refractivity contribution is 0.104. The lowest BCUT2D eigenvalue weighted by Crippen LogP contribution is -1.96. The van der Waals surface area contributed by atoms with Crippen molar-refractivity contribution in [1.82, 2.24) is 0 Å². The van der Waals surface area contributed by atoms with Crippen molar-refractivity contribution in [2.24, 2.45) is 0 Å². The van der Waals surface area contributed by atoms with Gasteiger partial charge >= 0.3 is 0 Å². The molecular formula is C18H18O4S. The van der Waals surface area contributed by atoms with E-state index in [1.807, 2.05) is 12.3 Å². The van der Waals surface area contributed by atoms with Crippen molar-refractivity contribution in [3.05, 3.63) is 53.6 Å². The van der Waals surface area contributed by atoms with E-state index in [1.54, 1.807) is 55.3 Å². The highest BCUT2D eigenvalue weighted by Gasteiger charge is 2.08. The predicted molar refractivity (Wildman–Crippen MR) is 92.8 cm³/mol. The summed E-state index contributed by atoms with van der Waals surface area (Å²) in [6.07, 6.45) is 5.07. The molecule has 0 fully saturated rings. The van der Waals surface area contributed by atoms with Crippen LogP contribution in [0.5, 0.6) is 17.2 Å². The van der Waals surface area contributed by atoms with Gasteiger partial charge < -0.3 is 14.6 Å². The summed E-state index contributed by atoms with van der Waals surface area (Å²) in [4.78, 5) is 13.2. The minimum atomic E-state index is -0.133. The van der Waals surface area contributed by atoms with Gasteiger partial charge in [0.25, 0.3) is 0 Å². The molecule has 0 aliphatic rings. The van der Waals surface area contributed by atoms with Gasteiger partial charge in [-0.05, 0) is 48.2 Å². The number of benzene rings is 2. The van der Waals surface area contributed by atoms with Crippen LogP contribution in [0.25, 0.3) is 6.08 Å². The van der Waals surface area contributed by atoms with Gasteiger partial charge in [-0.1, -0.05) is 12.1 Å². The lowest BCUT2D eigenvalue weighted by Gasteiger charge is -2.07. The van der Waals surface area contributed by atoms with Gasteiger partial charge in [0.1, 0.15) is 5.75 Å². The fourth-order valence-electron chi connectivity index (χ4n) is 2.07. The third-order valence-corrected chi connectivity index (χ3v) is 4.08. The molecule has 23 heavy (non-hydrogen) atoms. The number of allylic oxidation sites excluding steroid dienone is 1. The first-order chi connectivity index (χ1) is 11.1. The zero-order valence-electron chi connectivity index (χ0n) is 13.2. The summed E-state index contributed by atoms with van der Waals surface area (Å²) >= 11 is 1.56. The minimum Gasteiger partial charge on any atom is -0.504 e. The number of ether oxygens (including phenoxy) is 2. The molecule has 0 amide bonds. The number of carbonyl (C=O) groups is 1. The number of carbonyl (C=O) groups excluding carboxylic acids is 1.